The van der Waals surface area contributed by atoms with E-state index in [2.05, 4.69) is 0 Å². The zero-order valence-electron chi connectivity index (χ0n) is 13.7. The third-order valence-electron chi connectivity index (χ3n) is 2.93. The van der Waals surface area contributed by atoms with Crippen LogP contribution in [0.3, 0.4) is 0 Å². The second kappa shape index (κ2) is 9.07. The fourth-order valence-corrected chi connectivity index (χ4v) is 1.97. The fourth-order valence-electron chi connectivity index (χ4n) is 1.97. The standard InChI is InChI=1S/C17H24O5/c1-5-21-17(19)11-14(18)8-6-13-7-9-15(20-4)16(10-13)22-12(2)3/h7,9-10,12H,5-6,8,11H2,1-4H3. The molecule has 0 aliphatic carbocycles. The van der Waals surface area contributed by atoms with Crippen molar-refractivity contribution in [3.05, 3.63) is 23.8 Å². The molecule has 122 valence electrons. The van der Waals surface area contributed by atoms with Gasteiger partial charge in [-0.1, -0.05) is 6.07 Å². The molecule has 1 rings (SSSR count). The summed E-state index contributed by atoms with van der Waals surface area (Å²) in [5.41, 5.74) is 0.966. The highest BCUT2D eigenvalue weighted by Gasteiger charge is 2.12. The summed E-state index contributed by atoms with van der Waals surface area (Å²) in [5, 5.41) is 0. The zero-order valence-corrected chi connectivity index (χ0v) is 13.7. The Morgan fingerprint density at radius 3 is 2.50 bits per heavy atom. The van der Waals surface area contributed by atoms with E-state index < -0.39 is 5.97 Å². The lowest BCUT2D eigenvalue weighted by molar-refractivity contribution is -0.145. The molecule has 0 heterocycles. The lowest BCUT2D eigenvalue weighted by Crippen LogP contribution is -2.11. The van der Waals surface area contributed by atoms with Crippen LogP contribution >= 0.6 is 0 Å². The number of carbonyl (C=O) groups is 2. The Kier molecular flexibility index (Phi) is 7.43. The van der Waals surface area contributed by atoms with Gasteiger partial charge in [-0.05, 0) is 44.9 Å². The topological polar surface area (TPSA) is 61.8 Å². The first-order chi connectivity index (χ1) is 10.5. The minimum atomic E-state index is -0.467. The van der Waals surface area contributed by atoms with Crippen molar-refractivity contribution in [3.63, 3.8) is 0 Å². The van der Waals surface area contributed by atoms with E-state index in [0.717, 1.165) is 5.56 Å². The highest BCUT2D eigenvalue weighted by atomic mass is 16.5. The molecule has 0 aromatic heterocycles. The van der Waals surface area contributed by atoms with Gasteiger partial charge in [-0.15, -0.1) is 0 Å². The van der Waals surface area contributed by atoms with Gasteiger partial charge in [0.1, 0.15) is 12.2 Å². The average Bonchev–Trinajstić information content (AvgIpc) is 2.45. The summed E-state index contributed by atoms with van der Waals surface area (Å²) in [6.07, 6.45) is 0.719. The van der Waals surface area contributed by atoms with E-state index in [4.69, 9.17) is 14.2 Å². The van der Waals surface area contributed by atoms with Crippen LogP contribution in [0.2, 0.25) is 0 Å². The minimum absolute atomic E-state index is 0.0367. The molecule has 0 aliphatic rings. The molecule has 0 bridgehead atoms. The Balaban J connectivity index is 2.62. The Labute approximate surface area is 131 Å². The van der Waals surface area contributed by atoms with Crippen molar-refractivity contribution in [1.82, 2.24) is 0 Å². The molecule has 0 fully saturated rings. The predicted molar refractivity (Wildman–Crippen MR) is 83.3 cm³/mol. The number of benzene rings is 1. The molecule has 0 saturated heterocycles. The van der Waals surface area contributed by atoms with Gasteiger partial charge in [-0.2, -0.15) is 0 Å². The van der Waals surface area contributed by atoms with Crippen molar-refractivity contribution in [3.8, 4) is 11.5 Å². The maximum Gasteiger partial charge on any atom is 0.313 e. The third-order valence-corrected chi connectivity index (χ3v) is 2.93. The molecule has 0 saturated carbocycles. The summed E-state index contributed by atoms with van der Waals surface area (Å²) in [4.78, 5) is 23.0. The Hall–Kier alpha value is -2.04. The predicted octanol–water partition coefficient (Wildman–Crippen LogP) is 2.94. The molecule has 0 N–H and O–H groups in total. The second-order valence-electron chi connectivity index (χ2n) is 5.17. The van der Waals surface area contributed by atoms with Crippen LogP contribution in [0.4, 0.5) is 0 Å². The maximum absolute atomic E-state index is 11.7. The number of hydrogen-bond acceptors (Lipinski definition) is 5. The Bertz CT molecular complexity index is 508. The summed E-state index contributed by atoms with van der Waals surface area (Å²) in [6, 6.07) is 5.59. The van der Waals surface area contributed by atoms with Crippen LogP contribution in [-0.2, 0) is 20.7 Å². The SMILES string of the molecule is CCOC(=O)CC(=O)CCc1ccc(OC)c(OC(C)C)c1. The third kappa shape index (κ3) is 6.16. The molecule has 5 nitrogen and oxygen atoms in total. The molecular formula is C17H24O5. The number of carbonyl (C=O) groups excluding carboxylic acids is 2. The highest BCUT2D eigenvalue weighted by Crippen LogP contribution is 2.29. The number of esters is 1. The summed E-state index contributed by atoms with van der Waals surface area (Å²) < 4.78 is 15.7. The monoisotopic (exact) mass is 308 g/mol. The molecule has 0 unspecified atom stereocenters. The van der Waals surface area contributed by atoms with E-state index in [1.54, 1.807) is 14.0 Å². The number of hydrogen-bond donors (Lipinski definition) is 0. The van der Waals surface area contributed by atoms with Gasteiger partial charge in [0, 0.05) is 6.42 Å². The van der Waals surface area contributed by atoms with Gasteiger partial charge in [-0.25, -0.2) is 0 Å². The highest BCUT2D eigenvalue weighted by molar-refractivity contribution is 5.95. The zero-order chi connectivity index (χ0) is 16.5. The van der Waals surface area contributed by atoms with E-state index in [9.17, 15) is 9.59 Å². The van der Waals surface area contributed by atoms with Gasteiger partial charge in [-0.3, -0.25) is 9.59 Å². The van der Waals surface area contributed by atoms with Crippen LogP contribution in [-0.4, -0.2) is 31.6 Å². The van der Waals surface area contributed by atoms with Gasteiger partial charge >= 0.3 is 5.97 Å². The summed E-state index contributed by atoms with van der Waals surface area (Å²) in [5.74, 6) is 0.731. The molecule has 5 heteroatoms. The first-order valence-corrected chi connectivity index (χ1v) is 7.47. The Morgan fingerprint density at radius 2 is 1.91 bits per heavy atom. The molecule has 1 aromatic rings. The molecule has 22 heavy (non-hydrogen) atoms. The molecular weight excluding hydrogens is 284 g/mol. The maximum atomic E-state index is 11.7. The second-order valence-corrected chi connectivity index (χ2v) is 5.17. The number of Topliss-reactive ketones (excluding diaryl/α,β-unsaturated/α-hetero) is 1. The summed E-state index contributed by atoms with van der Waals surface area (Å²) >= 11 is 0. The van der Waals surface area contributed by atoms with Gasteiger partial charge < -0.3 is 14.2 Å². The number of aryl methyl sites for hydroxylation is 1. The fraction of sp³-hybridized carbons (Fsp3) is 0.529. The van der Waals surface area contributed by atoms with Crippen molar-refractivity contribution in [2.45, 2.75) is 46.1 Å². The molecule has 0 amide bonds. The summed E-state index contributed by atoms with van der Waals surface area (Å²) in [6.45, 7) is 5.89. The van der Waals surface area contributed by atoms with Crippen LogP contribution in [0.15, 0.2) is 18.2 Å². The smallest absolute Gasteiger partial charge is 0.313 e. The van der Waals surface area contributed by atoms with Crippen LogP contribution < -0.4 is 9.47 Å². The lowest BCUT2D eigenvalue weighted by Gasteiger charge is -2.14. The quantitative estimate of drug-likeness (QED) is 0.518. The summed E-state index contributed by atoms with van der Waals surface area (Å²) in [7, 11) is 1.59. The van der Waals surface area contributed by atoms with E-state index in [1.807, 2.05) is 32.0 Å². The van der Waals surface area contributed by atoms with Gasteiger partial charge in [0.15, 0.2) is 11.5 Å². The van der Waals surface area contributed by atoms with E-state index in [1.165, 1.54) is 0 Å². The first-order valence-electron chi connectivity index (χ1n) is 7.47. The minimum Gasteiger partial charge on any atom is -0.493 e. The molecule has 0 radical (unpaired) electrons. The Morgan fingerprint density at radius 1 is 1.18 bits per heavy atom. The van der Waals surface area contributed by atoms with Crippen molar-refractivity contribution in [2.24, 2.45) is 0 Å². The number of rotatable bonds is 9. The largest absolute Gasteiger partial charge is 0.493 e. The van der Waals surface area contributed by atoms with Gasteiger partial charge in [0.25, 0.3) is 0 Å². The van der Waals surface area contributed by atoms with Crippen molar-refractivity contribution in [1.29, 1.82) is 0 Å². The van der Waals surface area contributed by atoms with Gasteiger partial charge in [0.2, 0.25) is 0 Å². The number of methoxy groups -OCH3 is 1. The van der Waals surface area contributed by atoms with Crippen molar-refractivity contribution in [2.75, 3.05) is 13.7 Å². The molecule has 1 aromatic carbocycles. The normalized spacial score (nSPS) is 10.4. The molecule has 0 spiro atoms. The van der Waals surface area contributed by atoms with E-state index in [0.29, 0.717) is 30.9 Å². The van der Waals surface area contributed by atoms with Crippen molar-refractivity contribution >= 4 is 11.8 Å². The molecule has 0 atom stereocenters. The lowest BCUT2D eigenvalue weighted by atomic mass is 10.1. The van der Waals surface area contributed by atoms with Crippen molar-refractivity contribution < 1.29 is 23.8 Å². The van der Waals surface area contributed by atoms with Crippen LogP contribution in [0.25, 0.3) is 0 Å². The van der Waals surface area contributed by atoms with E-state index in [-0.39, 0.29) is 18.3 Å². The number of ether oxygens (including phenoxy) is 3. The van der Waals surface area contributed by atoms with Gasteiger partial charge in [0.05, 0.1) is 19.8 Å². The average molecular weight is 308 g/mol. The van der Waals surface area contributed by atoms with Crippen LogP contribution in [0.1, 0.15) is 39.2 Å². The first kappa shape index (κ1) is 18.0. The van der Waals surface area contributed by atoms with Crippen LogP contribution in [0, 0.1) is 0 Å². The number of ketones is 1. The van der Waals surface area contributed by atoms with Crippen LogP contribution in [0.5, 0.6) is 11.5 Å². The van der Waals surface area contributed by atoms with E-state index >= 15 is 0 Å². The molecule has 0 aliphatic heterocycles.